The average Bonchev–Trinajstić information content (AvgIpc) is 2.89. The highest BCUT2D eigenvalue weighted by atomic mass is 79.9. The lowest BCUT2D eigenvalue weighted by molar-refractivity contribution is -0.384. The van der Waals surface area contributed by atoms with Crippen LogP contribution in [0.4, 0.5) is 11.4 Å². The molecule has 0 spiro atoms. The molecule has 2 amide bonds. The molecular formula is C25H23BrN4O7. The fourth-order valence-corrected chi connectivity index (χ4v) is 3.64. The van der Waals surface area contributed by atoms with Crippen LogP contribution in [0.1, 0.15) is 22.8 Å². The van der Waals surface area contributed by atoms with Crippen molar-refractivity contribution in [3.63, 3.8) is 0 Å². The van der Waals surface area contributed by atoms with Crippen LogP contribution in [0.25, 0.3) is 0 Å². The second-order valence-electron chi connectivity index (χ2n) is 7.33. The number of nitrogens with zero attached hydrogens (tertiary/aromatic N) is 2. The quantitative estimate of drug-likeness (QED) is 0.196. The van der Waals surface area contributed by atoms with Crippen LogP contribution in [0.3, 0.4) is 0 Å². The minimum absolute atomic E-state index is 0.0965. The molecule has 2 N–H and O–H groups in total. The molecule has 3 aromatic rings. The molecule has 3 rings (SSSR count). The number of rotatable bonds is 11. The number of hydrogen-bond donors (Lipinski definition) is 2. The summed E-state index contributed by atoms with van der Waals surface area (Å²) in [5.74, 6) is 0.387. The van der Waals surface area contributed by atoms with Gasteiger partial charge in [-0.15, -0.1) is 0 Å². The van der Waals surface area contributed by atoms with E-state index < -0.39 is 10.8 Å². The monoisotopic (exact) mass is 570 g/mol. The number of halogens is 1. The molecule has 3 aromatic carbocycles. The molecule has 0 heterocycles. The second-order valence-corrected chi connectivity index (χ2v) is 8.19. The maximum Gasteiger partial charge on any atom is 0.271 e. The minimum atomic E-state index is -0.605. The zero-order valence-electron chi connectivity index (χ0n) is 19.9. The van der Waals surface area contributed by atoms with E-state index in [0.717, 1.165) is 6.07 Å². The molecule has 0 aromatic heterocycles. The number of non-ortho nitro benzene ring substituents is 1. The number of hydrogen-bond acceptors (Lipinski definition) is 8. The molecule has 0 saturated carbocycles. The highest BCUT2D eigenvalue weighted by Gasteiger charge is 2.15. The van der Waals surface area contributed by atoms with Crippen LogP contribution in [0, 0.1) is 10.1 Å². The molecule has 0 aliphatic rings. The molecule has 0 saturated heterocycles. The third-order valence-electron chi connectivity index (χ3n) is 4.75. The fraction of sp³-hybridized carbons (Fsp3) is 0.160. The molecule has 0 fully saturated rings. The summed E-state index contributed by atoms with van der Waals surface area (Å²) in [7, 11) is 1.56. The van der Waals surface area contributed by atoms with Crippen LogP contribution in [0.2, 0.25) is 0 Å². The Bertz CT molecular complexity index is 1310. The third kappa shape index (κ3) is 7.77. The van der Waals surface area contributed by atoms with Gasteiger partial charge in [0.15, 0.2) is 18.1 Å². The number of anilines is 1. The Morgan fingerprint density at radius 1 is 1.11 bits per heavy atom. The summed E-state index contributed by atoms with van der Waals surface area (Å²) in [6, 6.07) is 15.5. The Labute approximate surface area is 220 Å². The first-order valence-electron chi connectivity index (χ1n) is 10.9. The molecule has 192 valence electrons. The average molecular weight is 571 g/mol. The lowest BCUT2D eigenvalue weighted by Crippen LogP contribution is -2.20. The maximum absolute atomic E-state index is 12.3. The minimum Gasteiger partial charge on any atom is -0.497 e. The van der Waals surface area contributed by atoms with E-state index in [4.69, 9.17) is 14.2 Å². The SMILES string of the molecule is CCOc1cc(/C=N/NC(=O)c2cccc([N+](=O)[O-])c2)cc(Br)c1OCC(=O)Nc1ccc(OC)cc1. The Kier molecular flexibility index (Phi) is 9.55. The number of carbonyl (C=O) groups is 2. The van der Waals surface area contributed by atoms with Crippen LogP contribution < -0.4 is 25.0 Å². The number of nitro benzene ring substituents is 1. The Morgan fingerprint density at radius 2 is 1.86 bits per heavy atom. The van der Waals surface area contributed by atoms with E-state index in [1.54, 1.807) is 50.4 Å². The summed E-state index contributed by atoms with van der Waals surface area (Å²) >= 11 is 3.42. The normalized spacial score (nSPS) is 10.6. The summed E-state index contributed by atoms with van der Waals surface area (Å²) in [5.41, 5.74) is 3.38. The lowest BCUT2D eigenvalue weighted by Gasteiger charge is -2.14. The van der Waals surface area contributed by atoms with Gasteiger partial charge in [0.25, 0.3) is 17.5 Å². The highest BCUT2D eigenvalue weighted by Crippen LogP contribution is 2.36. The van der Waals surface area contributed by atoms with Gasteiger partial charge < -0.3 is 19.5 Å². The first-order valence-corrected chi connectivity index (χ1v) is 11.7. The summed E-state index contributed by atoms with van der Waals surface area (Å²) < 4.78 is 17.0. The van der Waals surface area contributed by atoms with Crippen molar-refractivity contribution in [1.82, 2.24) is 5.43 Å². The van der Waals surface area contributed by atoms with Gasteiger partial charge >= 0.3 is 0 Å². The molecule has 0 aliphatic carbocycles. The van der Waals surface area contributed by atoms with E-state index in [2.05, 4.69) is 31.8 Å². The number of carbonyl (C=O) groups excluding carboxylic acids is 2. The van der Waals surface area contributed by atoms with Gasteiger partial charge in [-0.05, 0) is 70.9 Å². The van der Waals surface area contributed by atoms with Crippen molar-refractivity contribution in [3.05, 3.63) is 86.4 Å². The van der Waals surface area contributed by atoms with Crippen LogP contribution in [-0.2, 0) is 4.79 Å². The highest BCUT2D eigenvalue weighted by molar-refractivity contribution is 9.10. The molecular weight excluding hydrogens is 548 g/mol. The summed E-state index contributed by atoms with van der Waals surface area (Å²) in [5, 5.41) is 17.5. The van der Waals surface area contributed by atoms with E-state index in [1.807, 2.05) is 0 Å². The van der Waals surface area contributed by atoms with Gasteiger partial charge in [-0.2, -0.15) is 5.10 Å². The fourth-order valence-electron chi connectivity index (χ4n) is 3.07. The zero-order valence-corrected chi connectivity index (χ0v) is 21.5. The van der Waals surface area contributed by atoms with Gasteiger partial charge in [-0.1, -0.05) is 6.07 Å². The summed E-state index contributed by atoms with van der Waals surface area (Å²) in [4.78, 5) is 34.9. The van der Waals surface area contributed by atoms with Crippen LogP contribution in [0.15, 0.2) is 70.2 Å². The summed E-state index contributed by atoms with van der Waals surface area (Å²) in [6.07, 6.45) is 1.38. The van der Waals surface area contributed by atoms with Gasteiger partial charge in [-0.3, -0.25) is 19.7 Å². The Hall–Kier alpha value is -4.45. The van der Waals surface area contributed by atoms with Gasteiger partial charge in [0, 0.05) is 23.4 Å². The molecule has 0 aliphatic heterocycles. The second kappa shape index (κ2) is 13.0. The van der Waals surface area contributed by atoms with Crippen LogP contribution in [-0.4, -0.2) is 43.3 Å². The summed E-state index contributed by atoms with van der Waals surface area (Å²) in [6.45, 7) is 1.87. The third-order valence-corrected chi connectivity index (χ3v) is 5.34. The van der Waals surface area contributed by atoms with E-state index >= 15 is 0 Å². The van der Waals surface area contributed by atoms with Crippen molar-refractivity contribution in [2.24, 2.45) is 5.10 Å². The first-order chi connectivity index (χ1) is 17.8. The standard InChI is InChI=1S/C25H23BrN4O7/c1-3-36-22-12-16(14-27-29-25(32)17-5-4-6-19(13-17)30(33)34)11-21(26)24(22)37-15-23(31)28-18-7-9-20(35-2)10-8-18/h4-14H,3,15H2,1-2H3,(H,28,31)(H,29,32)/b27-14+. The van der Waals surface area contributed by atoms with E-state index in [0.29, 0.717) is 39.6 Å². The molecule has 37 heavy (non-hydrogen) atoms. The number of methoxy groups -OCH3 is 1. The van der Waals surface area contributed by atoms with Gasteiger partial charge in [-0.25, -0.2) is 5.43 Å². The molecule has 11 nitrogen and oxygen atoms in total. The topological polar surface area (TPSA) is 141 Å². The number of hydrazone groups is 1. The van der Waals surface area contributed by atoms with Crippen molar-refractivity contribution in [2.75, 3.05) is 25.6 Å². The first kappa shape index (κ1) is 27.1. The van der Waals surface area contributed by atoms with Crippen LogP contribution >= 0.6 is 15.9 Å². The van der Waals surface area contributed by atoms with Gasteiger partial charge in [0.2, 0.25) is 0 Å². The van der Waals surface area contributed by atoms with Gasteiger partial charge in [0.1, 0.15) is 5.75 Å². The lowest BCUT2D eigenvalue weighted by atomic mass is 10.2. The molecule has 0 bridgehead atoms. The van der Waals surface area contributed by atoms with Crippen molar-refractivity contribution in [2.45, 2.75) is 6.92 Å². The predicted octanol–water partition coefficient (Wildman–Crippen LogP) is 4.55. The number of amides is 2. The number of nitrogens with one attached hydrogen (secondary N) is 2. The zero-order chi connectivity index (χ0) is 26.8. The van der Waals surface area contributed by atoms with E-state index in [1.165, 1.54) is 24.4 Å². The van der Waals surface area contributed by atoms with Crippen molar-refractivity contribution in [3.8, 4) is 17.2 Å². The largest absolute Gasteiger partial charge is 0.497 e. The Morgan fingerprint density at radius 3 is 2.54 bits per heavy atom. The van der Waals surface area contributed by atoms with Crippen molar-refractivity contribution in [1.29, 1.82) is 0 Å². The van der Waals surface area contributed by atoms with E-state index in [9.17, 15) is 19.7 Å². The molecule has 0 unspecified atom stereocenters. The number of ether oxygens (including phenoxy) is 3. The maximum atomic E-state index is 12.3. The smallest absolute Gasteiger partial charge is 0.271 e. The predicted molar refractivity (Wildman–Crippen MR) is 141 cm³/mol. The molecule has 12 heteroatoms. The van der Waals surface area contributed by atoms with Gasteiger partial charge in [0.05, 0.1) is 29.3 Å². The number of nitro groups is 1. The molecule has 0 atom stereocenters. The number of benzene rings is 3. The van der Waals surface area contributed by atoms with Crippen LogP contribution in [0.5, 0.6) is 17.2 Å². The molecule has 0 radical (unpaired) electrons. The van der Waals surface area contributed by atoms with Crippen molar-refractivity contribution >= 4 is 45.3 Å². The van der Waals surface area contributed by atoms with E-state index in [-0.39, 0.29) is 23.8 Å². The Balaban J connectivity index is 1.65. The van der Waals surface area contributed by atoms with Crippen molar-refractivity contribution < 1.29 is 28.7 Å².